The van der Waals surface area contributed by atoms with Gasteiger partial charge in [-0.2, -0.15) is 0 Å². The number of furan rings is 1. The van der Waals surface area contributed by atoms with E-state index in [0.29, 0.717) is 0 Å². The predicted octanol–water partition coefficient (Wildman–Crippen LogP) is 13.0. The van der Waals surface area contributed by atoms with E-state index >= 15 is 0 Å². The van der Waals surface area contributed by atoms with Crippen molar-refractivity contribution in [2.45, 2.75) is 0 Å². The molecule has 230 valence electrons. The summed E-state index contributed by atoms with van der Waals surface area (Å²) in [6, 6.07) is 65.0. The van der Waals surface area contributed by atoms with Crippen molar-refractivity contribution in [1.82, 2.24) is 4.57 Å². The fourth-order valence-corrected chi connectivity index (χ4v) is 7.63. The number of hydrogen-bond donors (Lipinski definition) is 0. The first-order valence-electron chi connectivity index (χ1n) is 16.7. The number of nitrogens with zero attached hydrogens (tertiary/aromatic N) is 2. The van der Waals surface area contributed by atoms with Crippen molar-refractivity contribution in [3.63, 3.8) is 0 Å². The van der Waals surface area contributed by atoms with Crippen molar-refractivity contribution in [1.29, 1.82) is 0 Å². The van der Waals surface area contributed by atoms with Crippen molar-refractivity contribution < 1.29 is 4.42 Å². The number of anilines is 3. The predicted molar refractivity (Wildman–Crippen MR) is 206 cm³/mol. The topological polar surface area (TPSA) is 21.3 Å². The van der Waals surface area contributed by atoms with Crippen molar-refractivity contribution in [3.05, 3.63) is 182 Å². The summed E-state index contributed by atoms with van der Waals surface area (Å²) in [6.07, 6.45) is 0. The number of para-hydroxylation sites is 5. The van der Waals surface area contributed by atoms with E-state index in [4.69, 9.17) is 4.42 Å². The van der Waals surface area contributed by atoms with Gasteiger partial charge in [-0.25, -0.2) is 0 Å². The summed E-state index contributed by atoms with van der Waals surface area (Å²) < 4.78 is 8.76. The average molecular weight is 627 g/mol. The summed E-state index contributed by atoms with van der Waals surface area (Å²) in [7, 11) is 0. The van der Waals surface area contributed by atoms with Crippen LogP contribution in [0.4, 0.5) is 17.1 Å². The van der Waals surface area contributed by atoms with E-state index in [2.05, 4.69) is 185 Å². The first kappa shape index (κ1) is 27.5. The maximum Gasteiger partial charge on any atom is 0.136 e. The van der Waals surface area contributed by atoms with Gasteiger partial charge in [0.05, 0.1) is 22.4 Å². The average Bonchev–Trinajstić information content (AvgIpc) is 3.73. The molecule has 0 fully saturated rings. The molecule has 0 radical (unpaired) electrons. The van der Waals surface area contributed by atoms with Crippen LogP contribution in [0.25, 0.3) is 71.3 Å². The van der Waals surface area contributed by atoms with Crippen LogP contribution in [0.2, 0.25) is 0 Å². The Kier molecular flexibility index (Phi) is 6.18. The normalized spacial score (nSPS) is 11.7. The molecule has 3 nitrogen and oxygen atoms in total. The van der Waals surface area contributed by atoms with Crippen LogP contribution in [-0.4, -0.2) is 4.57 Å². The summed E-state index contributed by atoms with van der Waals surface area (Å²) >= 11 is 0. The van der Waals surface area contributed by atoms with E-state index in [0.717, 1.165) is 61.2 Å². The quantitative estimate of drug-likeness (QED) is 0.190. The van der Waals surface area contributed by atoms with Crippen molar-refractivity contribution in [2.75, 3.05) is 4.90 Å². The number of hydrogen-bond acceptors (Lipinski definition) is 2. The molecular weight excluding hydrogens is 597 g/mol. The third-order valence-electron chi connectivity index (χ3n) is 9.76. The molecule has 10 rings (SSSR count). The zero-order valence-corrected chi connectivity index (χ0v) is 26.6. The van der Waals surface area contributed by atoms with Gasteiger partial charge in [0.15, 0.2) is 0 Å². The molecule has 2 aromatic heterocycles. The molecule has 0 spiro atoms. The molecule has 8 aromatic carbocycles. The Morgan fingerprint density at radius 2 is 1.12 bits per heavy atom. The summed E-state index contributed by atoms with van der Waals surface area (Å²) in [5.74, 6) is 0. The lowest BCUT2D eigenvalue weighted by Gasteiger charge is -2.29. The van der Waals surface area contributed by atoms with Gasteiger partial charge in [0, 0.05) is 38.5 Å². The van der Waals surface area contributed by atoms with Crippen LogP contribution < -0.4 is 4.90 Å². The first-order valence-corrected chi connectivity index (χ1v) is 16.7. The fourth-order valence-electron chi connectivity index (χ4n) is 7.63. The smallest absolute Gasteiger partial charge is 0.136 e. The number of aromatic nitrogens is 1. The van der Waals surface area contributed by atoms with Gasteiger partial charge in [-0.05, 0) is 70.9 Å². The van der Waals surface area contributed by atoms with Crippen molar-refractivity contribution >= 4 is 71.6 Å². The van der Waals surface area contributed by atoms with E-state index in [-0.39, 0.29) is 0 Å². The minimum atomic E-state index is 0.897. The SMILES string of the molecule is c1ccc(-c2ccccc2N(c2ccc3ccc4oc5ccccc5c4c3c2)c2cccc3c4ccccc4n(-c4ccccc4)c23)cc1. The standard InChI is InChI=1S/C46H30N2O/c1-3-14-31(15-4-1)35-18-7-10-22-40(35)47(34-28-26-32-27-29-44-45(39(32)30-34)38-20-9-12-25-43(38)49-44)42-24-13-21-37-36-19-8-11-23-41(36)48(46(37)42)33-16-5-2-6-17-33/h1-30H. The van der Waals surface area contributed by atoms with Gasteiger partial charge in [-0.15, -0.1) is 0 Å². The Morgan fingerprint density at radius 1 is 0.449 bits per heavy atom. The lowest BCUT2D eigenvalue weighted by Crippen LogP contribution is -2.13. The molecule has 0 aliphatic rings. The highest BCUT2D eigenvalue weighted by molar-refractivity contribution is 6.20. The Bertz CT molecular complexity index is 2830. The van der Waals surface area contributed by atoms with Gasteiger partial charge in [0.2, 0.25) is 0 Å². The molecule has 0 saturated heterocycles. The Hall–Kier alpha value is -6.58. The van der Waals surface area contributed by atoms with Crippen LogP contribution in [0.3, 0.4) is 0 Å². The third-order valence-corrected chi connectivity index (χ3v) is 9.76. The second kappa shape index (κ2) is 11.0. The third kappa shape index (κ3) is 4.29. The Balaban J connectivity index is 1.34. The van der Waals surface area contributed by atoms with Gasteiger partial charge >= 0.3 is 0 Å². The van der Waals surface area contributed by atoms with E-state index in [9.17, 15) is 0 Å². The van der Waals surface area contributed by atoms with Crippen LogP contribution in [-0.2, 0) is 0 Å². The van der Waals surface area contributed by atoms with E-state index < -0.39 is 0 Å². The molecule has 49 heavy (non-hydrogen) atoms. The van der Waals surface area contributed by atoms with Crippen molar-refractivity contribution in [3.8, 4) is 16.8 Å². The van der Waals surface area contributed by atoms with Crippen LogP contribution in [0.1, 0.15) is 0 Å². The molecule has 0 aliphatic carbocycles. The maximum atomic E-state index is 6.35. The van der Waals surface area contributed by atoms with Gasteiger partial charge in [0.1, 0.15) is 11.2 Å². The largest absolute Gasteiger partial charge is 0.456 e. The highest BCUT2D eigenvalue weighted by atomic mass is 16.3. The first-order chi connectivity index (χ1) is 24.3. The molecular formula is C46H30N2O. The fraction of sp³-hybridized carbons (Fsp3) is 0. The Labute approximate surface area is 283 Å². The highest BCUT2D eigenvalue weighted by Crippen LogP contribution is 2.47. The summed E-state index contributed by atoms with van der Waals surface area (Å²) in [5.41, 5.74) is 10.9. The molecule has 10 aromatic rings. The minimum absolute atomic E-state index is 0.897. The monoisotopic (exact) mass is 626 g/mol. The van der Waals surface area contributed by atoms with E-state index in [1.165, 1.54) is 27.2 Å². The number of benzene rings is 8. The van der Waals surface area contributed by atoms with Crippen LogP contribution >= 0.6 is 0 Å². The molecule has 0 atom stereocenters. The maximum absolute atomic E-state index is 6.35. The minimum Gasteiger partial charge on any atom is -0.456 e. The summed E-state index contributed by atoms with van der Waals surface area (Å²) in [6.45, 7) is 0. The Morgan fingerprint density at radius 3 is 2.00 bits per heavy atom. The second-order valence-corrected chi connectivity index (χ2v) is 12.5. The van der Waals surface area contributed by atoms with Crippen molar-refractivity contribution in [2.24, 2.45) is 0 Å². The number of fused-ring (bicyclic) bond motifs is 8. The van der Waals surface area contributed by atoms with Gasteiger partial charge in [0.25, 0.3) is 0 Å². The molecule has 3 heteroatoms. The van der Waals surface area contributed by atoms with E-state index in [1.807, 2.05) is 6.07 Å². The lowest BCUT2D eigenvalue weighted by molar-refractivity contribution is 0.669. The van der Waals surface area contributed by atoms with Crippen LogP contribution in [0.5, 0.6) is 0 Å². The van der Waals surface area contributed by atoms with Crippen LogP contribution in [0.15, 0.2) is 186 Å². The summed E-state index contributed by atoms with van der Waals surface area (Å²) in [4.78, 5) is 2.45. The molecule has 2 heterocycles. The van der Waals surface area contributed by atoms with Gasteiger partial charge in [-0.1, -0.05) is 127 Å². The molecule has 0 N–H and O–H groups in total. The van der Waals surface area contributed by atoms with Gasteiger partial charge in [-0.3, -0.25) is 0 Å². The zero-order valence-electron chi connectivity index (χ0n) is 26.6. The number of rotatable bonds is 5. The second-order valence-electron chi connectivity index (χ2n) is 12.5. The lowest BCUT2D eigenvalue weighted by atomic mass is 9.99. The summed E-state index contributed by atoms with van der Waals surface area (Å²) in [5, 5.41) is 7.05. The highest BCUT2D eigenvalue weighted by Gasteiger charge is 2.24. The molecule has 0 bridgehead atoms. The van der Waals surface area contributed by atoms with Gasteiger partial charge < -0.3 is 13.9 Å². The van der Waals surface area contributed by atoms with E-state index in [1.54, 1.807) is 0 Å². The zero-order chi connectivity index (χ0) is 32.3. The molecule has 0 unspecified atom stereocenters. The molecule has 0 amide bonds. The van der Waals surface area contributed by atoms with Crippen LogP contribution in [0, 0.1) is 0 Å². The molecule has 0 saturated carbocycles. The molecule has 0 aliphatic heterocycles.